The number of benzene rings is 3. The highest BCUT2D eigenvalue weighted by atomic mass is 35.5. The van der Waals surface area contributed by atoms with Gasteiger partial charge < -0.3 is 9.64 Å². The largest absolute Gasteiger partial charge is 0.493 e. The molecule has 3 aromatic carbocycles. The third-order valence-electron chi connectivity index (χ3n) is 6.63. The van der Waals surface area contributed by atoms with Crippen molar-refractivity contribution in [3.05, 3.63) is 100 Å². The molecule has 3 atom stereocenters. The average molecular weight is 446 g/mol. The lowest BCUT2D eigenvalue weighted by Gasteiger charge is -2.38. The maximum absolute atomic E-state index is 13.8. The molecule has 1 amide bonds. The molecule has 164 valence electrons. The van der Waals surface area contributed by atoms with Crippen LogP contribution in [-0.2, 0) is 11.2 Å². The van der Waals surface area contributed by atoms with Crippen LogP contribution in [0.2, 0.25) is 5.02 Å². The Balaban J connectivity index is 1.52. The fourth-order valence-corrected chi connectivity index (χ4v) is 5.15. The van der Waals surface area contributed by atoms with Crippen LogP contribution in [0.4, 0.5) is 0 Å². The van der Waals surface area contributed by atoms with Crippen LogP contribution < -0.4 is 4.74 Å². The van der Waals surface area contributed by atoms with Crippen molar-refractivity contribution in [3.63, 3.8) is 0 Å². The molecule has 0 N–H and O–H groups in total. The quantitative estimate of drug-likeness (QED) is 0.439. The number of amides is 1. The molecule has 0 aromatic heterocycles. The third-order valence-corrected chi connectivity index (χ3v) is 6.87. The molecule has 1 aliphatic heterocycles. The Bertz CT molecular complexity index is 1110. The van der Waals surface area contributed by atoms with Crippen LogP contribution in [0.3, 0.4) is 0 Å². The molecular formula is C28H28ClNO2. The van der Waals surface area contributed by atoms with Crippen LogP contribution in [0.5, 0.6) is 5.75 Å². The van der Waals surface area contributed by atoms with Gasteiger partial charge in [-0.2, -0.15) is 0 Å². The first-order chi connectivity index (χ1) is 15.7. The normalized spacial score (nSPS) is 21.7. The molecular weight excluding hydrogens is 418 g/mol. The lowest BCUT2D eigenvalue weighted by molar-refractivity contribution is -0.134. The van der Waals surface area contributed by atoms with Gasteiger partial charge in [0.05, 0.1) is 12.6 Å². The Morgan fingerprint density at radius 2 is 1.81 bits per heavy atom. The number of carbonyl (C=O) groups excluding carboxylic acids is 1. The third kappa shape index (κ3) is 4.02. The summed E-state index contributed by atoms with van der Waals surface area (Å²) in [7, 11) is 0. The van der Waals surface area contributed by atoms with E-state index >= 15 is 0 Å². The molecule has 0 unspecified atom stereocenters. The summed E-state index contributed by atoms with van der Waals surface area (Å²) in [4.78, 5) is 15.9. The van der Waals surface area contributed by atoms with Gasteiger partial charge in [0, 0.05) is 23.0 Å². The summed E-state index contributed by atoms with van der Waals surface area (Å²) < 4.78 is 6.11. The number of hydrogen-bond donors (Lipinski definition) is 0. The van der Waals surface area contributed by atoms with Crippen molar-refractivity contribution < 1.29 is 9.53 Å². The van der Waals surface area contributed by atoms with Crippen molar-refractivity contribution in [1.29, 1.82) is 0 Å². The maximum Gasteiger partial charge on any atom is 0.227 e. The number of halogens is 1. The van der Waals surface area contributed by atoms with Crippen LogP contribution in [0.1, 0.15) is 54.0 Å². The van der Waals surface area contributed by atoms with Crippen molar-refractivity contribution in [1.82, 2.24) is 4.90 Å². The topological polar surface area (TPSA) is 29.5 Å². The maximum atomic E-state index is 13.8. The second-order valence-corrected chi connectivity index (χ2v) is 9.21. The van der Waals surface area contributed by atoms with Crippen LogP contribution in [0, 0.1) is 5.92 Å². The van der Waals surface area contributed by atoms with Crippen LogP contribution in [0.15, 0.2) is 72.8 Å². The van der Waals surface area contributed by atoms with Crippen LogP contribution in [0.25, 0.3) is 0 Å². The van der Waals surface area contributed by atoms with Gasteiger partial charge in [0.2, 0.25) is 5.91 Å². The van der Waals surface area contributed by atoms with E-state index in [2.05, 4.69) is 60.4 Å². The Morgan fingerprint density at radius 3 is 2.62 bits per heavy atom. The van der Waals surface area contributed by atoms with Gasteiger partial charge in [0.1, 0.15) is 5.75 Å². The number of carbonyl (C=O) groups is 1. The zero-order valence-electron chi connectivity index (χ0n) is 18.3. The van der Waals surface area contributed by atoms with E-state index in [9.17, 15) is 4.79 Å². The number of ether oxygens (including phenoxy) is 1. The Labute approximate surface area is 195 Å². The highest BCUT2D eigenvalue weighted by molar-refractivity contribution is 6.30. The van der Waals surface area contributed by atoms with Crippen molar-refractivity contribution in [2.24, 2.45) is 5.92 Å². The zero-order chi connectivity index (χ0) is 22.1. The standard InChI is InChI=1S/C28H28ClNO2/c1-2-16-32-26-13-12-21(29)17-25(26)27-22-11-7-6-10-20(22)14-15-30(27)28(31)24-18-23(24)19-8-4-3-5-9-19/h3-13,17,23-24,27H,2,14-16,18H2,1H3/t23-,24+,27+/m1/s1. The summed E-state index contributed by atoms with van der Waals surface area (Å²) in [6.07, 6.45) is 2.71. The summed E-state index contributed by atoms with van der Waals surface area (Å²) in [5.74, 6) is 1.41. The van der Waals surface area contributed by atoms with E-state index < -0.39 is 0 Å². The second-order valence-electron chi connectivity index (χ2n) is 8.77. The lowest BCUT2D eigenvalue weighted by atomic mass is 9.87. The van der Waals surface area contributed by atoms with Gasteiger partial charge in [-0.15, -0.1) is 0 Å². The Kier molecular flexibility index (Phi) is 5.93. The average Bonchev–Trinajstić information content (AvgIpc) is 3.64. The molecule has 0 bridgehead atoms. The van der Waals surface area contributed by atoms with Crippen molar-refractivity contribution in [2.45, 2.75) is 38.1 Å². The van der Waals surface area contributed by atoms with Gasteiger partial charge in [0.15, 0.2) is 0 Å². The predicted molar refractivity (Wildman–Crippen MR) is 128 cm³/mol. The van der Waals surface area contributed by atoms with E-state index in [1.54, 1.807) is 0 Å². The molecule has 5 rings (SSSR count). The first-order valence-corrected chi connectivity index (χ1v) is 11.9. The van der Waals surface area contributed by atoms with Gasteiger partial charge in [-0.1, -0.05) is 73.1 Å². The molecule has 0 saturated heterocycles. The van der Waals surface area contributed by atoms with Gasteiger partial charge >= 0.3 is 0 Å². The fourth-order valence-electron chi connectivity index (χ4n) is 4.97. The Hall–Kier alpha value is -2.78. The molecule has 1 fully saturated rings. The van der Waals surface area contributed by atoms with Gasteiger partial charge in [-0.3, -0.25) is 4.79 Å². The van der Waals surface area contributed by atoms with Crippen molar-refractivity contribution >= 4 is 17.5 Å². The van der Waals surface area contributed by atoms with Crippen molar-refractivity contribution in [3.8, 4) is 5.75 Å². The number of rotatable bonds is 6. The predicted octanol–water partition coefficient (Wildman–Crippen LogP) is 6.41. The number of fused-ring (bicyclic) bond motifs is 1. The summed E-state index contributed by atoms with van der Waals surface area (Å²) >= 11 is 6.44. The van der Waals surface area contributed by atoms with E-state index in [0.717, 1.165) is 30.6 Å². The van der Waals surface area contributed by atoms with Crippen LogP contribution >= 0.6 is 11.6 Å². The first kappa shape index (κ1) is 21.1. The highest BCUT2D eigenvalue weighted by Crippen LogP contribution is 2.50. The van der Waals surface area contributed by atoms with Gasteiger partial charge in [0.25, 0.3) is 0 Å². The number of nitrogens with zero attached hydrogens (tertiary/aromatic N) is 1. The summed E-state index contributed by atoms with van der Waals surface area (Å²) in [5.41, 5.74) is 4.70. The SMILES string of the molecule is CCCOc1ccc(Cl)cc1[C@@H]1c2ccccc2CCN1C(=O)[C@H]1C[C@@H]1c1ccccc1. The van der Waals surface area contributed by atoms with Gasteiger partial charge in [-0.25, -0.2) is 0 Å². The smallest absolute Gasteiger partial charge is 0.227 e. The number of hydrogen-bond acceptors (Lipinski definition) is 2. The minimum Gasteiger partial charge on any atom is -0.493 e. The lowest BCUT2D eigenvalue weighted by Crippen LogP contribution is -2.41. The van der Waals surface area contributed by atoms with E-state index in [1.165, 1.54) is 16.7 Å². The van der Waals surface area contributed by atoms with Crippen LogP contribution in [-0.4, -0.2) is 24.0 Å². The molecule has 1 heterocycles. The monoisotopic (exact) mass is 445 g/mol. The molecule has 1 aliphatic carbocycles. The second kappa shape index (κ2) is 8.99. The van der Waals surface area contributed by atoms with E-state index in [0.29, 0.717) is 24.1 Å². The molecule has 3 nitrogen and oxygen atoms in total. The molecule has 0 radical (unpaired) electrons. The van der Waals surface area contributed by atoms with E-state index in [4.69, 9.17) is 16.3 Å². The Morgan fingerprint density at radius 1 is 1.03 bits per heavy atom. The molecule has 32 heavy (non-hydrogen) atoms. The minimum absolute atomic E-state index is 0.0457. The summed E-state index contributed by atoms with van der Waals surface area (Å²) in [6, 6.07) is 24.4. The molecule has 4 heteroatoms. The molecule has 0 spiro atoms. The highest BCUT2D eigenvalue weighted by Gasteiger charge is 2.48. The molecule has 1 saturated carbocycles. The van der Waals surface area contributed by atoms with Crippen molar-refractivity contribution in [2.75, 3.05) is 13.2 Å². The molecule has 3 aromatic rings. The fraction of sp³-hybridized carbons (Fsp3) is 0.321. The van der Waals surface area contributed by atoms with E-state index in [-0.39, 0.29) is 17.9 Å². The van der Waals surface area contributed by atoms with E-state index in [1.807, 2.05) is 24.3 Å². The minimum atomic E-state index is -0.185. The summed E-state index contributed by atoms with van der Waals surface area (Å²) in [5, 5.41) is 0.660. The van der Waals surface area contributed by atoms with Gasteiger partial charge in [-0.05, 0) is 60.1 Å². The first-order valence-electron chi connectivity index (χ1n) is 11.5. The zero-order valence-corrected chi connectivity index (χ0v) is 19.1. The summed E-state index contributed by atoms with van der Waals surface area (Å²) in [6.45, 7) is 3.44. The molecule has 2 aliphatic rings.